The van der Waals surface area contributed by atoms with Crippen molar-refractivity contribution in [3.63, 3.8) is 0 Å². The molecule has 2 amide bonds. The van der Waals surface area contributed by atoms with Gasteiger partial charge in [0.2, 0.25) is 0 Å². The molecule has 22 nitrogen and oxygen atoms in total. The van der Waals surface area contributed by atoms with Gasteiger partial charge in [0.05, 0.1) is 37.0 Å². The second-order valence-electron chi connectivity index (χ2n) is 27.2. The van der Waals surface area contributed by atoms with Crippen LogP contribution in [-0.2, 0) is 44.8 Å². The number of hydrogen-bond donors (Lipinski definition) is 0. The number of alkyl halides is 6. The lowest BCUT2D eigenvalue weighted by molar-refractivity contribution is -0.137. The topological polar surface area (TPSA) is 218 Å². The molecule has 0 aliphatic carbocycles. The molecular weight excluding hydrogens is 1260 g/mol. The van der Waals surface area contributed by atoms with Gasteiger partial charge in [0, 0.05) is 91.5 Å². The highest BCUT2D eigenvalue weighted by Crippen LogP contribution is 2.46. The van der Waals surface area contributed by atoms with Crippen molar-refractivity contribution in [2.24, 2.45) is 0 Å². The Morgan fingerprint density at radius 2 is 0.926 bits per heavy atom. The maximum atomic E-state index is 15.0. The number of amides is 2. The van der Waals surface area contributed by atoms with E-state index in [2.05, 4.69) is 79.6 Å². The summed E-state index contributed by atoms with van der Waals surface area (Å²) in [6.07, 6.45) is 3.17. The summed E-state index contributed by atoms with van der Waals surface area (Å²) in [5, 5.41) is 17.1. The summed E-state index contributed by atoms with van der Waals surface area (Å²) in [5.41, 5.74) is 0.471. The first kappa shape index (κ1) is 69.8. The lowest BCUT2D eigenvalue weighted by atomic mass is 10.00. The van der Waals surface area contributed by atoms with Gasteiger partial charge in [-0.05, 0) is 113 Å². The smallest absolute Gasteiger partial charge is 0.420 e. The molecule has 2 aliphatic rings. The first-order valence-electron chi connectivity index (χ1n) is 30.6. The van der Waals surface area contributed by atoms with Crippen LogP contribution in [0.1, 0.15) is 76.6 Å². The molecule has 0 saturated heterocycles. The highest BCUT2D eigenvalue weighted by molar-refractivity contribution is 6.76. The Kier molecular flexibility index (Phi) is 20.7. The predicted octanol–water partition coefficient (Wildman–Crippen LogP) is 14.0. The van der Waals surface area contributed by atoms with Gasteiger partial charge in [-0.25, -0.2) is 38.0 Å². The minimum absolute atomic E-state index is 0.0590. The average molecular weight is 1340 g/mol. The number of rotatable bonds is 18. The number of methoxy groups -OCH3 is 2. The summed E-state index contributed by atoms with van der Waals surface area (Å²) in [5.74, 6) is 0.520. The second-order valence-corrected chi connectivity index (χ2v) is 38.4. The molecule has 8 aromatic heterocycles. The zero-order chi connectivity index (χ0) is 68.3. The number of fused-ring (bicyclic) bond motifs is 2. The Morgan fingerprint density at radius 1 is 0.543 bits per heavy atom. The Hall–Kier alpha value is -8.49. The molecule has 0 N–H and O–H groups in total. The third kappa shape index (κ3) is 17.3. The van der Waals surface area contributed by atoms with E-state index in [4.69, 9.17) is 28.4 Å². The number of ether oxygens (including phenoxy) is 6. The van der Waals surface area contributed by atoms with Crippen molar-refractivity contribution in [2.75, 3.05) is 53.6 Å². The van der Waals surface area contributed by atoms with Crippen LogP contribution >= 0.6 is 0 Å². The number of hydrogen-bond acceptors (Lipinski definition) is 16. The van der Waals surface area contributed by atoms with E-state index in [-0.39, 0.29) is 70.3 Å². The summed E-state index contributed by atoms with van der Waals surface area (Å²) in [6, 6.07) is 11.2. The lowest BCUT2D eigenvalue weighted by Crippen LogP contribution is -2.39. The fraction of sp³-hybridized carbons (Fsp3) is 0.469. The maximum Gasteiger partial charge on any atom is 0.420 e. The van der Waals surface area contributed by atoms with E-state index in [1.54, 1.807) is 21.9 Å². The highest BCUT2D eigenvalue weighted by atomic mass is 28.3. The Labute approximate surface area is 542 Å². The quantitative estimate of drug-likeness (QED) is 0.0443. The minimum Gasteiger partial charge on any atom is -0.493 e. The zero-order valence-electron chi connectivity index (χ0n) is 55.4. The van der Waals surface area contributed by atoms with E-state index in [0.29, 0.717) is 63.5 Å². The van der Waals surface area contributed by atoms with Crippen LogP contribution in [0.4, 0.5) is 35.9 Å². The van der Waals surface area contributed by atoms with Crippen LogP contribution in [0.3, 0.4) is 0 Å². The molecular formula is C64H80F6N14O8Si2. The summed E-state index contributed by atoms with van der Waals surface area (Å²) in [6.45, 7) is 26.1. The van der Waals surface area contributed by atoms with Crippen molar-refractivity contribution in [1.29, 1.82) is 0 Å². The minimum atomic E-state index is -4.79. The molecule has 0 atom stereocenters. The first-order chi connectivity index (χ1) is 44.1. The third-order valence-electron chi connectivity index (χ3n) is 15.0. The van der Waals surface area contributed by atoms with E-state index in [9.17, 15) is 9.59 Å². The Balaban J connectivity index is 0.000000221. The van der Waals surface area contributed by atoms with E-state index < -0.39 is 63.0 Å². The van der Waals surface area contributed by atoms with Gasteiger partial charge >= 0.3 is 24.5 Å². The van der Waals surface area contributed by atoms with Gasteiger partial charge in [-0.15, -0.1) is 0 Å². The zero-order valence-corrected chi connectivity index (χ0v) is 57.4. The van der Waals surface area contributed by atoms with E-state index >= 15 is 26.3 Å². The molecule has 504 valence electrons. The summed E-state index contributed by atoms with van der Waals surface area (Å²) >= 11 is 0. The molecule has 0 fully saturated rings. The average Bonchev–Trinajstić information content (AvgIpc) is 1.59. The molecule has 0 spiro atoms. The molecule has 2 aliphatic heterocycles. The van der Waals surface area contributed by atoms with Crippen LogP contribution < -0.4 is 9.47 Å². The number of halogens is 6. The molecule has 0 radical (unpaired) electrons. The number of aromatic nitrogens is 12. The fourth-order valence-electron chi connectivity index (χ4n) is 10.3. The monoisotopic (exact) mass is 1340 g/mol. The van der Waals surface area contributed by atoms with Crippen LogP contribution in [0.5, 0.6) is 11.5 Å². The summed E-state index contributed by atoms with van der Waals surface area (Å²) < 4.78 is 129. The van der Waals surface area contributed by atoms with Gasteiger partial charge < -0.3 is 38.2 Å². The van der Waals surface area contributed by atoms with E-state index in [0.717, 1.165) is 34.4 Å². The normalized spacial score (nSPS) is 14.4. The second kappa shape index (κ2) is 27.8. The standard InChI is InChI=1S/2C32H40F3N7O4Si/c2*1-31(2,3)46-30(43)40-12-10-21(11-13-40)22-8-9-24(36-17-22)27-26(32(33,34)35)28(42(39-27)20-45-14-15-47(5,6)7)23-16-25(44-4)29-37-19-38-41(29)18-23/h2*8-10,16-19H,11-15,20H2,1-7H3. The molecule has 94 heavy (non-hydrogen) atoms. The highest BCUT2D eigenvalue weighted by Gasteiger charge is 2.44. The summed E-state index contributed by atoms with van der Waals surface area (Å²) in [7, 11) is -0.0516. The Morgan fingerprint density at radius 3 is 1.22 bits per heavy atom. The van der Waals surface area contributed by atoms with Crippen LogP contribution in [0, 0.1) is 0 Å². The largest absolute Gasteiger partial charge is 0.493 e. The Bertz CT molecular complexity index is 3800. The summed E-state index contributed by atoms with van der Waals surface area (Å²) in [4.78, 5) is 45.3. The van der Waals surface area contributed by atoms with Gasteiger partial charge in [0.25, 0.3) is 0 Å². The molecule has 0 bridgehead atoms. The van der Waals surface area contributed by atoms with Crippen LogP contribution in [0.15, 0.2) is 86.0 Å². The molecule has 10 rings (SSSR count). The third-order valence-corrected chi connectivity index (χ3v) is 18.4. The maximum absolute atomic E-state index is 15.0. The molecule has 30 heteroatoms. The van der Waals surface area contributed by atoms with Crippen molar-refractivity contribution in [2.45, 2.75) is 143 Å². The number of carbonyl (C=O) groups is 2. The first-order valence-corrected chi connectivity index (χ1v) is 38.0. The van der Waals surface area contributed by atoms with Crippen molar-refractivity contribution in [3.8, 4) is 56.8 Å². The number of carbonyl (C=O) groups excluding carboxylic acids is 2. The molecule has 0 saturated carbocycles. The van der Waals surface area contributed by atoms with Crippen molar-refractivity contribution in [3.05, 3.63) is 108 Å². The van der Waals surface area contributed by atoms with Gasteiger partial charge in [-0.2, -0.15) is 46.7 Å². The van der Waals surface area contributed by atoms with Crippen LogP contribution in [-0.4, -0.2) is 162 Å². The predicted molar refractivity (Wildman–Crippen MR) is 347 cm³/mol. The van der Waals surface area contributed by atoms with Gasteiger partial charge in [0.1, 0.15) is 59.8 Å². The lowest BCUT2D eigenvalue weighted by Gasteiger charge is -2.29. The van der Waals surface area contributed by atoms with Gasteiger partial charge in [-0.1, -0.05) is 63.6 Å². The van der Waals surface area contributed by atoms with Crippen LogP contribution in [0.2, 0.25) is 51.4 Å². The van der Waals surface area contributed by atoms with Crippen LogP contribution in [0.25, 0.3) is 67.7 Å². The molecule has 8 aromatic rings. The van der Waals surface area contributed by atoms with E-state index in [1.807, 2.05) is 53.7 Å². The van der Waals surface area contributed by atoms with E-state index in [1.165, 1.54) is 94.3 Å². The number of nitrogens with zero attached hydrogens (tertiary/aromatic N) is 14. The number of pyridine rings is 4. The van der Waals surface area contributed by atoms with Gasteiger partial charge in [-0.3, -0.25) is 9.97 Å². The van der Waals surface area contributed by atoms with Crippen molar-refractivity contribution in [1.82, 2.24) is 68.5 Å². The van der Waals surface area contributed by atoms with Gasteiger partial charge in [0.15, 0.2) is 22.8 Å². The molecule has 0 unspecified atom stereocenters. The molecule has 10 heterocycles. The SMILES string of the molecule is COc1cc(-c2c(C(F)(F)F)c(-c3ccc(C4=CCN(C(=O)OC(C)(C)C)CC4)cn3)nn2COCC[Si](C)(C)C)cn2ncnc12.COc1cc(-c2c(C(F)(F)F)c(-c3ccc(C4=CCN(C(=O)OC(C)(C)C)CC4)cn3)nn2COCC[Si](C)(C)C)cn2ncnc12. The van der Waals surface area contributed by atoms with Crippen molar-refractivity contribution >= 4 is 50.8 Å². The fourth-order valence-corrected chi connectivity index (χ4v) is 11.8. The van der Waals surface area contributed by atoms with Crippen molar-refractivity contribution < 1.29 is 64.4 Å². The molecule has 0 aromatic carbocycles.